The molecule has 0 aliphatic heterocycles. The van der Waals surface area contributed by atoms with Crippen LogP contribution in [0.4, 0.5) is 64.1 Å². The summed E-state index contributed by atoms with van der Waals surface area (Å²) in [6.07, 6.45) is -21.9. The molecule has 0 heterocycles. The number of hydrogen-bond acceptors (Lipinski definition) is 4. The minimum absolute atomic E-state index is 0.0389. The van der Waals surface area contributed by atoms with E-state index in [2.05, 4.69) is 9.47 Å². The van der Waals surface area contributed by atoms with Crippen molar-refractivity contribution in [3.63, 3.8) is 0 Å². The predicted octanol–water partition coefficient (Wildman–Crippen LogP) is 8.02. The molecule has 4 nitrogen and oxygen atoms in total. The van der Waals surface area contributed by atoms with Gasteiger partial charge in [0, 0.05) is 22.5 Å². The summed E-state index contributed by atoms with van der Waals surface area (Å²) in [5.41, 5.74) is 0.316. The molecule has 3 aromatic rings. The smallest absolute Gasteiger partial charge is 0.405 e. The number of rotatable bonds is 4. The van der Waals surface area contributed by atoms with E-state index in [-0.39, 0.29) is 12.1 Å². The van der Waals surface area contributed by atoms with Crippen molar-refractivity contribution in [2.45, 2.75) is 25.1 Å². The molecule has 0 saturated heterocycles. The van der Waals surface area contributed by atoms with Crippen molar-refractivity contribution in [1.29, 1.82) is 0 Å². The first-order valence-electron chi connectivity index (χ1n) is 9.80. The van der Waals surface area contributed by atoms with Gasteiger partial charge in [-0.2, -0.15) is 26.3 Å². The van der Waals surface area contributed by atoms with E-state index < -0.39 is 81.3 Å². The Morgan fingerprint density at radius 3 is 1.05 bits per heavy atom. The highest BCUT2D eigenvalue weighted by Crippen LogP contribution is 2.50. The van der Waals surface area contributed by atoms with Crippen LogP contribution in [0.15, 0.2) is 48.5 Å². The van der Waals surface area contributed by atoms with Crippen LogP contribution in [-0.2, 0) is 12.4 Å². The van der Waals surface area contributed by atoms with Crippen LogP contribution in [0.2, 0.25) is 0 Å². The summed E-state index contributed by atoms with van der Waals surface area (Å²) < 4.78 is 169. The second kappa shape index (κ2) is 9.40. The zero-order chi connectivity index (χ0) is 28.8. The van der Waals surface area contributed by atoms with Gasteiger partial charge in [-0.3, -0.25) is 0 Å². The van der Waals surface area contributed by atoms with Gasteiger partial charge < -0.3 is 20.9 Å². The number of benzene rings is 3. The van der Waals surface area contributed by atoms with Gasteiger partial charge in [0.1, 0.15) is 11.5 Å². The van der Waals surface area contributed by atoms with Gasteiger partial charge in [-0.25, -0.2) is 0 Å². The minimum Gasteiger partial charge on any atom is -0.405 e. The number of halogens is 12. The monoisotopic (exact) mass is 564 g/mol. The highest BCUT2D eigenvalue weighted by atomic mass is 19.4. The van der Waals surface area contributed by atoms with Crippen molar-refractivity contribution in [1.82, 2.24) is 0 Å². The second-order valence-electron chi connectivity index (χ2n) is 7.48. The first kappa shape index (κ1) is 28.6. The van der Waals surface area contributed by atoms with E-state index in [0.29, 0.717) is 12.1 Å². The number of alkyl halides is 12. The fourth-order valence-electron chi connectivity index (χ4n) is 3.62. The van der Waals surface area contributed by atoms with Gasteiger partial charge in [-0.15, -0.1) is 26.3 Å². The molecule has 3 aromatic carbocycles. The van der Waals surface area contributed by atoms with E-state index in [4.69, 9.17) is 11.5 Å². The Kier molecular flexibility index (Phi) is 7.07. The van der Waals surface area contributed by atoms with Gasteiger partial charge in [-0.1, -0.05) is 24.3 Å². The van der Waals surface area contributed by atoms with E-state index in [0.717, 1.165) is 24.3 Å². The van der Waals surface area contributed by atoms with Crippen LogP contribution in [-0.4, -0.2) is 12.7 Å². The van der Waals surface area contributed by atoms with Crippen molar-refractivity contribution in [3.05, 3.63) is 59.7 Å². The average molecular weight is 564 g/mol. The van der Waals surface area contributed by atoms with E-state index in [1.807, 2.05) is 0 Å². The van der Waals surface area contributed by atoms with Crippen LogP contribution in [0, 0.1) is 0 Å². The van der Waals surface area contributed by atoms with Crippen molar-refractivity contribution in [2.75, 3.05) is 11.5 Å². The molecule has 0 fully saturated rings. The van der Waals surface area contributed by atoms with E-state index >= 15 is 0 Å². The molecule has 0 spiro atoms. The molecule has 0 aliphatic rings. The maximum absolute atomic E-state index is 13.7. The SMILES string of the molecule is Nc1cccc(-c2cc(OC(F)(F)F)c(-c3cccc(N)c3C(F)(F)F)cc2OC(F)(F)F)c1C(F)(F)F. The number of nitrogens with two attached hydrogens (primary N) is 2. The lowest BCUT2D eigenvalue weighted by Crippen LogP contribution is -2.20. The molecule has 0 saturated carbocycles. The Bertz CT molecular complexity index is 1240. The number of ether oxygens (including phenoxy) is 2. The largest absolute Gasteiger partial charge is 0.573 e. The number of nitrogen functional groups attached to an aromatic ring is 2. The topological polar surface area (TPSA) is 70.5 Å². The van der Waals surface area contributed by atoms with Gasteiger partial charge in [0.05, 0.1) is 11.1 Å². The third-order valence-corrected chi connectivity index (χ3v) is 4.87. The van der Waals surface area contributed by atoms with Crippen LogP contribution >= 0.6 is 0 Å². The lowest BCUT2D eigenvalue weighted by Gasteiger charge is -2.23. The normalized spacial score (nSPS) is 12.9. The summed E-state index contributed by atoms with van der Waals surface area (Å²) >= 11 is 0. The van der Waals surface area contributed by atoms with Gasteiger partial charge in [0.2, 0.25) is 0 Å². The molecule has 0 aliphatic carbocycles. The Morgan fingerprint density at radius 2 is 0.789 bits per heavy atom. The van der Waals surface area contributed by atoms with E-state index in [9.17, 15) is 52.7 Å². The third kappa shape index (κ3) is 6.28. The lowest BCUT2D eigenvalue weighted by atomic mass is 9.92. The molecule has 4 N–H and O–H groups in total. The first-order valence-corrected chi connectivity index (χ1v) is 9.80. The minimum atomic E-state index is -5.64. The molecule has 0 bridgehead atoms. The first-order chi connectivity index (χ1) is 17.2. The Balaban J connectivity index is 2.51. The molecular weight excluding hydrogens is 552 g/mol. The van der Waals surface area contributed by atoms with E-state index in [1.54, 1.807) is 0 Å². The summed E-state index contributed by atoms with van der Waals surface area (Å²) in [4.78, 5) is 0. The summed E-state index contributed by atoms with van der Waals surface area (Å²) in [7, 11) is 0. The van der Waals surface area contributed by atoms with Crippen molar-refractivity contribution in [2.24, 2.45) is 0 Å². The van der Waals surface area contributed by atoms with Gasteiger partial charge >= 0.3 is 25.1 Å². The molecule has 0 atom stereocenters. The molecule has 0 amide bonds. The lowest BCUT2D eigenvalue weighted by molar-refractivity contribution is -0.276. The van der Waals surface area contributed by atoms with E-state index in [1.165, 1.54) is 0 Å². The number of anilines is 2. The molecule has 0 radical (unpaired) electrons. The number of hydrogen-bond donors (Lipinski definition) is 2. The van der Waals surface area contributed by atoms with Crippen molar-refractivity contribution < 1.29 is 62.2 Å². The molecule has 0 unspecified atom stereocenters. The zero-order valence-electron chi connectivity index (χ0n) is 18.1. The Morgan fingerprint density at radius 1 is 0.474 bits per heavy atom. The van der Waals surface area contributed by atoms with Crippen molar-refractivity contribution in [3.8, 4) is 33.8 Å². The molecular formula is C22H12F12N2O2. The quantitative estimate of drug-likeness (QED) is 0.249. The fourth-order valence-corrected chi connectivity index (χ4v) is 3.62. The Labute approximate surface area is 204 Å². The summed E-state index contributed by atoms with van der Waals surface area (Å²) in [5, 5.41) is 0. The highest BCUT2D eigenvalue weighted by molar-refractivity contribution is 5.86. The maximum atomic E-state index is 13.7. The Hall–Kier alpha value is -3.98. The summed E-state index contributed by atoms with van der Waals surface area (Å²) in [5.74, 6) is -3.15. The van der Waals surface area contributed by atoms with Crippen molar-refractivity contribution >= 4 is 11.4 Å². The highest BCUT2D eigenvalue weighted by Gasteiger charge is 2.41. The summed E-state index contributed by atoms with van der Waals surface area (Å²) in [6.45, 7) is 0. The van der Waals surface area contributed by atoms with Crippen LogP contribution in [0.3, 0.4) is 0 Å². The van der Waals surface area contributed by atoms with Gasteiger partial charge in [0.25, 0.3) is 0 Å². The molecule has 3 rings (SSSR count). The summed E-state index contributed by atoms with van der Waals surface area (Å²) in [6, 6.07) is 4.40. The van der Waals surface area contributed by atoms with Gasteiger partial charge in [-0.05, 0) is 35.4 Å². The predicted molar refractivity (Wildman–Crippen MR) is 110 cm³/mol. The standard InChI is InChI=1S/C22H12F12N2O2/c23-19(24,25)17-9(3-1-5-13(17)35)11-7-16(38-22(32,33)34)12(8-15(11)37-21(29,30)31)10-4-2-6-14(36)18(10)20(26,27)28/h1-8H,35-36H2. The molecule has 206 valence electrons. The third-order valence-electron chi connectivity index (χ3n) is 4.87. The van der Waals surface area contributed by atoms with Crippen LogP contribution < -0.4 is 20.9 Å². The van der Waals surface area contributed by atoms with Crippen LogP contribution in [0.1, 0.15) is 11.1 Å². The van der Waals surface area contributed by atoms with Gasteiger partial charge in [0.15, 0.2) is 0 Å². The van der Waals surface area contributed by atoms with Crippen LogP contribution in [0.5, 0.6) is 11.5 Å². The fraction of sp³-hybridized carbons (Fsp3) is 0.182. The molecule has 16 heteroatoms. The molecule has 0 aromatic heterocycles. The molecule has 38 heavy (non-hydrogen) atoms. The average Bonchev–Trinajstić information content (AvgIpc) is 2.70. The zero-order valence-corrected chi connectivity index (χ0v) is 18.1. The second-order valence-corrected chi connectivity index (χ2v) is 7.48. The van der Waals surface area contributed by atoms with Crippen LogP contribution in [0.25, 0.3) is 22.3 Å². The maximum Gasteiger partial charge on any atom is 0.573 e.